The van der Waals surface area contributed by atoms with Crippen LogP contribution in [-0.2, 0) is 6.54 Å². The van der Waals surface area contributed by atoms with E-state index in [1.54, 1.807) is 25.6 Å². The van der Waals surface area contributed by atoms with Crippen molar-refractivity contribution in [2.45, 2.75) is 13.5 Å². The first-order valence-electron chi connectivity index (χ1n) is 7.43. The average molecular weight is 390 g/mol. The molecule has 10 heteroatoms. The molecule has 0 N–H and O–H groups in total. The van der Waals surface area contributed by atoms with E-state index in [1.165, 1.54) is 0 Å². The van der Waals surface area contributed by atoms with Crippen molar-refractivity contribution in [3.63, 3.8) is 0 Å². The lowest BCUT2D eigenvalue weighted by Gasteiger charge is -2.06. The van der Waals surface area contributed by atoms with Crippen LogP contribution in [0.1, 0.15) is 15.6 Å². The number of hydrogen-bond donors (Lipinski definition) is 0. The molecule has 0 atom stereocenters. The van der Waals surface area contributed by atoms with E-state index in [0.29, 0.717) is 6.54 Å². The summed E-state index contributed by atoms with van der Waals surface area (Å²) in [5.41, 5.74) is 0.966. The van der Waals surface area contributed by atoms with E-state index in [-0.39, 0.29) is 0 Å². The molecule has 0 fully saturated rings. The molecule has 0 aliphatic carbocycles. The minimum Gasteiger partial charge on any atom is -0.497 e. The van der Waals surface area contributed by atoms with Crippen LogP contribution in [0.3, 0.4) is 0 Å². The lowest BCUT2D eigenvalue weighted by Crippen LogP contribution is -2.37. The van der Waals surface area contributed by atoms with E-state index in [1.807, 2.05) is 48.0 Å². The standard InChI is InChI=1S/C16H19N2O2S.BF4/c1-5-10-18-16(21-12(2)17-18)9-6-13-11-14(19-3)7-8-15(13)20-4;2-1(3,4)5/h5-9,11H,1,10H2,2-4H3;/q+1;-1. The van der Waals surface area contributed by atoms with Crippen molar-refractivity contribution in [2.75, 3.05) is 14.2 Å². The number of ether oxygens (including phenoxy) is 2. The molecule has 1 heterocycles. The van der Waals surface area contributed by atoms with E-state index in [2.05, 4.69) is 11.7 Å². The first-order valence-corrected chi connectivity index (χ1v) is 8.25. The third kappa shape index (κ3) is 7.69. The number of methoxy groups -OCH3 is 2. The lowest BCUT2D eigenvalue weighted by atomic mass is 10.1. The molecular weight excluding hydrogens is 371 g/mol. The van der Waals surface area contributed by atoms with Crippen molar-refractivity contribution in [2.24, 2.45) is 0 Å². The van der Waals surface area contributed by atoms with Crippen LogP contribution >= 0.6 is 11.3 Å². The molecule has 26 heavy (non-hydrogen) atoms. The molecular formula is C16H19BF4N2O2S. The average Bonchev–Trinajstić information content (AvgIpc) is 2.91. The Bertz CT molecular complexity index is 757. The molecule has 4 nitrogen and oxygen atoms in total. The highest BCUT2D eigenvalue weighted by atomic mass is 32.1. The zero-order valence-electron chi connectivity index (χ0n) is 14.6. The van der Waals surface area contributed by atoms with Crippen LogP contribution < -0.4 is 14.2 Å². The van der Waals surface area contributed by atoms with Gasteiger partial charge in [-0.15, -0.1) is 0 Å². The van der Waals surface area contributed by atoms with Gasteiger partial charge in [-0.05, 0) is 48.6 Å². The molecule has 0 bridgehead atoms. The lowest BCUT2D eigenvalue weighted by molar-refractivity contribution is -0.741. The summed E-state index contributed by atoms with van der Waals surface area (Å²) in [6.07, 6.45) is 5.88. The minimum absolute atomic E-state index is 0.694. The van der Waals surface area contributed by atoms with Gasteiger partial charge in [0.05, 0.1) is 14.2 Å². The zero-order chi connectivity index (χ0) is 19.7. The number of halogens is 4. The highest BCUT2D eigenvalue weighted by Crippen LogP contribution is 2.26. The Morgan fingerprint density at radius 2 is 1.85 bits per heavy atom. The second kappa shape index (κ2) is 9.96. The number of nitrogens with zero attached hydrogens (tertiary/aromatic N) is 2. The second-order valence-electron chi connectivity index (χ2n) is 4.87. The van der Waals surface area contributed by atoms with Crippen LogP contribution in [0.4, 0.5) is 17.3 Å². The molecule has 0 amide bonds. The summed E-state index contributed by atoms with van der Waals surface area (Å²) >= 11 is 1.64. The summed E-state index contributed by atoms with van der Waals surface area (Å²) in [5.74, 6) is 1.61. The van der Waals surface area contributed by atoms with Crippen LogP contribution in [-0.4, -0.2) is 26.6 Å². The monoisotopic (exact) mass is 390 g/mol. The van der Waals surface area contributed by atoms with Crippen molar-refractivity contribution < 1.29 is 31.4 Å². The zero-order valence-corrected chi connectivity index (χ0v) is 15.4. The fraction of sp³-hybridized carbons (Fsp3) is 0.250. The summed E-state index contributed by atoms with van der Waals surface area (Å²) in [6.45, 7) is 6.45. The number of benzene rings is 1. The topological polar surface area (TPSA) is 35.2 Å². The minimum atomic E-state index is -6.00. The highest BCUT2D eigenvalue weighted by molar-refractivity contribution is 7.11. The fourth-order valence-corrected chi connectivity index (χ4v) is 2.75. The van der Waals surface area contributed by atoms with Crippen LogP contribution in [0, 0.1) is 6.92 Å². The number of aromatic nitrogens is 2. The first kappa shape index (κ1) is 21.7. The van der Waals surface area contributed by atoms with Gasteiger partial charge in [-0.25, -0.2) is 0 Å². The SMILES string of the molecule is C=CC[n+]1nc(C)sc1C=Cc1cc(OC)ccc1OC.F[B-](F)(F)F. The van der Waals surface area contributed by atoms with Gasteiger partial charge in [0.1, 0.15) is 11.5 Å². The van der Waals surface area contributed by atoms with Gasteiger partial charge in [0.15, 0.2) is 11.6 Å². The molecule has 1 aromatic heterocycles. The Kier molecular flexibility index (Phi) is 8.30. The number of allylic oxidation sites excluding steroid dienone is 1. The van der Waals surface area contributed by atoms with E-state index in [0.717, 1.165) is 27.1 Å². The summed E-state index contributed by atoms with van der Waals surface area (Å²) < 4.78 is 51.6. The van der Waals surface area contributed by atoms with Gasteiger partial charge in [-0.3, -0.25) is 0 Å². The van der Waals surface area contributed by atoms with Crippen LogP contribution in [0.5, 0.6) is 11.5 Å². The second-order valence-corrected chi connectivity index (χ2v) is 6.08. The Labute approximate surface area is 153 Å². The first-order chi connectivity index (χ1) is 12.2. The molecule has 0 saturated heterocycles. The number of aryl methyl sites for hydroxylation is 1. The normalized spacial score (nSPS) is 11.0. The predicted octanol–water partition coefficient (Wildman–Crippen LogP) is 4.41. The van der Waals surface area contributed by atoms with E-state index in [9.17, 15) is 17.3 Å². The molecule has 2 rings (SSSR count). The van der Waals surface area contributed by atoms with Crippen LogP contribution in [0.15, 0.2) is 30.9 Å². The molecule has 0 saturated carbocycles. The van der Waals surface area contributed by atoms with Gasteiger partial charge >= 0.3 is 7.25 Å². The smallest absolute Gasteiger partial charge is 0.497 e. The number of rotatable bonds is 6. The Balaban J connectivity index is 0.000000597. The number of hydrogen-bond acceptors (Lipinski definition) is 4. The summed E-state index contributed by atoms with van der Waals surface area (Å²) in [6, 6.07) is 5.72. The van der Waals surface area contributed by atoms with Crippen molar-refractivity contribution in [3.8, 4) is 11.5 Å². The van der Waals surface area contributed by atoms with Crippen molar-refractivity contribution >= 4 is 30.7 Å². The van der Waals surface area contributed by atoms with E-state index in [4.69, 9.17) is 9.47 Å². The van der Waals surface area contributed by atoms with Crippen LogP contribution in [0.25, 0.3) is 12.2 Å². The maximum absolute atomic E-state index is 9.75. The molecule has 0 radical (unpaired) electrons. The molecule has 1 aromatic carbocycles. The van der Waals surface area contributed by atoms with Gasteiger partial charge in [-0.2, -0.15) is 0 Å². The van der Waals surface area contributed by atoms with Gasteiger partial charge in [0.2, 0.25) is 0 Å². The van der Waals surface area contributed by atoms with Gasteiger partial charge < -0.3 is 26.7 Å². The van der Waals surface area contributed by atoms with E-state index < -0.39 is 7.25 Å². The predicted molar refractivity (Wildman–Crippen MR) is 95.9 cm³/mol. The Hall–Kier alpha value is -2.36. The third-order valence-corrected chi connectivity index (χ3v) is 3.85. The molecule has 2 aromatic rings. The van der Waals surface area contributed by atoms with Gasteiger partial charge in [0, 0.05) is 16.7 Å². The molecule has 0 aliphatic heterocycles. The quantitative estimate of drug-likeness (QED) is 0.317. The summed E-state index contributed by atoms with van der Waals surface area (Å²) in [5, 5.41) is 6.53. The Morgan fingerprint density at radius 3 is 2.38 bits per heavy atom. The Morgan fingerprint density at radius 1 is 1.19 bits per heavy atom. The van der Waals surface area contributed by atoms with E-state index >= 15 is 0 Å². The largest absolute Gasteiger partial charge is 0.673 e. The fourth-order valence-electron chi connectivity index (χ4n) is 1.95. The maximum Gasteiger partial charge on any atom is 0.673 e. The summed E-state index contributed by atoms with van der Waals surface area (Å²) in [7, 11) is -2.69. The third-order valence-electron chi connectivity index (χ3n) is 2.91. The van der Waals surface area contributed by atoms with Gasteiger partial charge in [-0.1, -0.05) is 11.3 Å². The van der Waals surface area contributed by atoms with Crippen molar-refractivity contribution in [3.05, 3.63) is 46.4 Å². The molecule has 0 aliphatic rings. The highest BCUT2D eigenvalue weighted by Gasteiger charge is 2.20. The molecule has 0 spiro atoms. The van der Waals surface area contributed by atoms with Crippen molar-refractivity contribution in [1.29, 1.82) is 0 Å². The molecule has 0 unspecified atom stereocenters. The molecule has 142 valence electrons. The van der Waals surface area contributed by atoms with Crippen molar-refractivity contribution in [1.82, 2.24) is 5.10 Å². The maximum atomic E-state index is 9.75. The summed E-state index contributed by atoms with van der Waals surface area (Å²) in [4.78, 5) is 0. The van der Waals surface area contributed by atoms with Gasteiger partial charge in [0.25, 0.3) is 5.01 Å². The van der Waals surface area contributed by atoms with Crippen LogP contribution in [0.2, 0.25) is 0 Å².